The molecule has 0 fully saturated rings. The van der Waals surface area contributed by atoms with Crippen LogP contribution < -0.4 is 10.6 Å². The number of thioether (sulfide) groups is 1. The number of rotatable bonds is 18. The van der Waals surface area contributed by atoms with Gasteiger partial charge in [0.2, 0.25) is 11.8 Å². The molecule has 1 aromatic carbocycles. The van der Waals surface area contributed by atoms with Gasteiger partial charge in [0.05, 0.1) is 0 Å². The summed E-state index contributed by atoms with van der Waals surface area (Å²) in [4.78, 5) is 42.4. The Hall–Kier alpha value is -2.42. The Morgan fingerprint density at radius 3 is 2.15 bits per heavy atom. The molecule has 0 aliphatic carbocycles. The quantitative estimate of drug-likeness (QED) is 0.170. The van der Waals surface area contributed by atoms with Crippen LogP contribution in [0.25, 0.3) is 0 Å². The normalized spacial score (nSPS) is 13.7. The van der Waals surface area contributed by atoms with Crippen LogP contribution in [0.3, 0.4) is 0 Å². The van der Waals surface area contributed by atoms with Gasteiger partial charge in [-0.15, -0.1) is 0 Å². The van der Waals surface area contributed by atoms with Crippen molar-refractivity contribution in [2.24, 2.45) is 0 Å². The molecule has 3 atom stereocenters. The van der Waals surface area contributed by atoms with Gasteiger partial charge in [0.1, 0.15) is 23.4 Å². The van der Waals surface area contributed by atoms with Gasteiger partial charge in [0, 0.05) is 12.6 Å². The monoisotopic (exact) mass is 579 g/mol. The molecule has 0 spiro atoms. The van der Waals surface area contributed by atoms with Gasteiger partial charge in [0.25, 0.3) is 0 Å². The first-order valence-corrected chi connectivity index (χ1v) is 16.2. The van der Waals surface area contributed by atoms with Gasteiger partial charge < -0.3 is 25.4 Å². The number of nitrogens with one attached hydrogen (secondary N) is 2. The van der Waals surface area contributed by atoms with Gasteiger partial charge in [-0.2, -0.15) is 11.8 Å². The Balaban J connectivity index is 3.42. The van der Waals surface area contributed by atoms with Crippen LogP contribution >= 0.6 is 11.8 Å². The van der Waals surface area contributed by atoms with Crippen LogP contribution in [0.15, 0.2) is 24.3 Å². The van der Waals surface area contributed by atoms with E-state index in [2.05, 4.69) is 24.5 Å². The van der Waals surface area contributed by atoms with E-state index in [0.29, 0.717) is 24.3 Å². The number of amides is 3. The van der Waals surface area contributed by atoms with Crippen LogP contribution in [0.2, 0.25) is 0 Å². The van der Waals surface area contributed by atoms with Crippen LogP contribution in [0.5, 0.6) is 5.75 Å². The zero-order valence-electron chi connectivity index (χ0n) is 25.8. The molecular weight excluding hydrogens is 526 g/mol. The lowest BCUT2D eigenvalue weighted by Crippen LogP contribution is -2.54. The Bertz CT molecular complexity index is 888. The smallest absolute Gasteiger partial charge is 0.408 e. The summed E-state index contributed by atoms with van der Waals surface area (Å²) in [6, 6.07) is 4.62. The molecule has 3 amide bonds. The van der Waals surface area contributed by atoms with Crippen molar-refractivity contribution in [1.82, 2.24) is 15.5 Å². The van der Waals surface area contributed by atoms with E-state index >= 15 is 0 Å². The molecule has 0 bridgehead atoms. The molecule has 8 nitrogen and oxygen atoms in total. The van der Waals surface area contributed by atoms with Crippen molar-refractivity contribution < 1.29 is 24.2 Å². The van der Waals surface area contributed by atoms with E-state index in [4.69, 9.17) is 4.74 Å². The fourth-order valence-electron chi connectivity index (χ4n) is 4.53. The first kappa shape index (κ1) is 35.6. The molecule has 0 radical (unpaired) electrons. The lowest BCUT2D eigenvalue weighted by molar-refractivity contribution is -0.143. The first-order chi connectivity index (χ1) is 18.9. The number of benzene rings is 1. The minimum Gasteiger partial charge on any atom is -0.508 e. The highest BCUT2D eigenvalue weighted by Crippen LogP contribution is 2.26. The summed E-state index contributed by atoms with van der Waals surface area (Å²) in [5.74, 6) is 0.151. The second-order valence-corrected chi connectivity index (χ2v) is 12.5. The third kappa shape index (κ3) is 13.8. The number of carbonyl (C=O) groups excluding carboxylic acids is 3. The Morgan fingerprint density at radius 2 is 1.57 bits per heavy atom. The number of hydrogen-bond donors (Lipinski definition) is 3. The number of hydrogen-bond acceptors (Lipinski definition) is 6. The number of nitrogens with zero attached hydrogens (tertiary/aromatic N) is 1. The molecule has 0 saturated carbocycles. The number of phenols is 1. The van der Waals surface area contributed by atoms with Gasteiger partial charge in [-0.3, -0.25) is 9.59 Å². The number of ether oxygens (including phenoxy) is 1. The van der Waals surface area contributed by atoms with Crippen LogP contribution in [0, 0.1) is 0 Å². The van der Waals surface area contributed by atoms with E-state index in [0.717, 1.165) is 44.9 Å². The predicted molar refractivity (Wildman–Crippen MR) is 165 cm³/mol. The van der Waals surface area contributed by atoms with Gasteiger partial charge >= 0.3 is 6.09 Å². The standard InChI is InChI=1S/C31H53N3O5S/c1-8-10-11-12-13-14-21-34(29(37)26(20-22-40-7)33-30(38)39-31(4,5)6)27(24-16-18-25(35)19-17-24)28(36)32-23(3)15-9-2/h16-19,23,26-27,35H,8-15,20-22H2,1-7H3,(H,32,36)(H,33,38). The lowest BCUT2D eigenvalue weighted by atomic mass is 10.0. The number of alkyl carbamates (subject to hydrolysis) is 1. The molecule has 0 saturated heterocycles. The van der Waals surface area contributed by atoms with E-state index in [1.807, 2.05) is 13.2 Å². The number of carbonyl (C=O) groups is 3. The fraction of sp³-hybridized carbons (Fsp3) is 0.710. The van der Waals surface area contributed by atoms with Gasteiger partial charge in [-0.1, -0.05) is 64.5 Å². The van der Waals surface area contributed by atoms with Gasteiger partial charge in [0.15, 0.2) is 0 Å². The minimum absolute atomic E-state index is 0.0599. The maximum absolute atomic E-state index is 14.2. The summed E-state index contributed by atoms with van der Waals surface area (Å²) in [5.41, 5.74) is -0.0987. The minimum atomic E-state index is -0.903. The Morgan fingerprint density at radius 1 is 0.950 bits per heavy atom. The number of unbranched alkanes of at least 4 members (excludes halogenated alkanes) is 5. The van der Waals surface area contributed by atoms with Crippen molar-refractivity contribution in [3.63, 3.8) is 0 Å². The molecule has 3 N–H and O–H groups in total. The summed E-state index contributed by atoms with van der Waals surface area (Å²) < 4.78 is 5.46. The fourth-order valence-corrected chi connectivity index (χ4v) is 5.00. The first-order valence-electron chi connectivity index (χ1n) is 14.8. The summed E-state index contributed by atoms with van der Waals surface area (Å²) >= 11 is 1.59. The zero-order valence-corrected chi connectivity index (χ0v) is 26.6. The highest BCUT2D eigenvalue weighted by Gasteiger charge is 2.36. The average Bonchev–Trinajstić information content (AvgIpc) is 2.87. The second kappa shape index (κ2) is 18.8. The van der Waals surface area contributed by atoms with Crippen molar-refractivity contribution in [3.8, 4) is 5.75 Å². The average molecular weight is 580 g/mol. The van der Waals surface area contributed by atoms with Gasteiger partial charge in [-0.25, -0.2) is 4.79 Å². The maximum Gasteiger partial charge on any atom is 0.408 e. The maximum atomic E-state index is 14.2. The second-order valence-electron chi connectivity index (χ2n) is 11.5. The summed E-state index contributed by atoms with van der Waals surface area (Å²) in [7, 11) is 0. The van der Waals surface area contributed by atoms with Crippen molar-refractivity contribution in [2.75, 3.05) is 18.6 Å². The highest BCUT2D eigenvalue weighted by atomic mass is 32.2. The van der Waals surface area contributed by atoms with Crippen molar-refractivity contribution in [1.29, 1.82) is 0 Å². The van der Waals surface area contributed by atoms with Crippen molar-refractivity contribution >= 4 is 29.7 Å². The van der Waals surface area contributed by atoms with Crippen molar-refractivity contribution in [3.05, 3.63) is 29.8 Å². The molecule has 0 aliphatic rings. The number of aromatic hydroxyl groups is 1. The van der Waals surface area contributed by atoms with E-state index in [9.17, 15) is 19.5 Å². The molecule has 0 aromatic heterocycles. The van der Waals surface area contributed by atoms with Crippen LogP contribution in [-0.4, -0.2) is 64.2 Å². The Labute approximate surface area is 246 Å². The van der Waals surface area contributed by atoms with Crippen LogP contribution in [0.1, 0.15) is 111 Å². The molecule has 1 rings (SSSR count). The lowest BCUT2D eigenvalue weighted by Gasteiger charge is -2.35. The van der Waals surface area contributed by atoms with E-state index < -0.39 is 23.8 Å². The Kier molecular flexibility index (Phi) is 16.8. The molecular formula is C31H53N3O5S. The van der Waals surface area contributed by atoms with E-state index in [1.165, 1.54) is 18.6 Å². The van der Waals surface area contributed by atoms with E-state index in [1.54, 1.807) is 49.6 Å². The molecule has 9 heteroatoms. The SMILES string of the molecule is CCCCCCCCN(C(=O)C(CCSC)NC(=O)OC(C)(C)C)C(C(=O)NC(C)CCC)c1ccc(O)cc1. The molecule has 228 valence electrons. The van der Waals surface area contributed by atoms with Crippen LogP contribution in [-0.2, 0) is 14.3 Å². The third-order valence-corrected chi connectivity index (χ3v) is 7.16. The zero-order chi connectivity index (χ0) is 30.1. The summed E-state index contributed by atoms with van der Waals surface area (Å²) in [6.45, 7) is 11.9. The highest BCUT2D eigenvalue weighted by molar-refractivity contribution is 7.98. The molecule has 0 aliphatic heterocycles. The van der Waals surface area contributed by atoms with Crippen LogP contribution in [0.4, 0.5) is 4.79 Å². The van der Waals surface area contributed by atoms with Crippen molar-refractivity contribution in [2.45, 2.75) is 123 Å². The number of phenolic OH excluding ortho intramolecular Hbond substituents is 1. The molecule has 1 aromatic rings. The summed E-state index contributed by atoms with van der Waals surface area (Å²) in [5, 5.41) is 15.8. The third-order valence-electron chi connectivity index (χ3n) is 6.51. The largest absolute Gasteiger partial charge is 0.508 e. The van der Waals surface area contributed by atoms with Gasteiger partial charge in [-0.05, 0) is 76.7 Å². The molecule has 40 heavy (non-hydrogen) atoms. The van der Waals surface area contributed by atoms with E-state index in [-0.39, 0.29) is 23.6 Å². The molecule has 0 heterocycles. The molecule has 3 unspecified atom stereocenters. The topological polar surface area (TPSA) is 108 Å². The summed E-state index contributed by atoms with van der Waals surface area (Å²) in [6.07, 6.45) is 9.63. The predicted octanol–water partition coefficient (Wildman–Crippen LogP) is 6.57.